The van der Waals surface area contributed by atoms with Crippen LogP contribution in [0.25, 0.3) is 33.5 Å². The van der Waals surface area contributed by atoms with Crippen molar-refractivity contribution in [3.05, 3.63) is 59.0 Å². The highest BCUT2D eigenvalue weighted by atomic mass is 16.5. The molecule has 0 bridgehead atoms. The Morgan fingerprint density at radius 1 is 1.11 bits per heavy atom. The van der Waals surface area contributed by atoms with Crippen LogP contribution in [0.1, 0.15) is 12.7 Å². The molecule has 11 nitrogen and oxygen atoms in total. The molecule has 0 spiro atoms. The summed E-state index contributed by atoms with van der Waals surface area (Å²) in [7, 11) is 0. The van der Waals surface area contributed by atoms with Crippen LogP contribution in [-0.4, -0.2) is 61.0 Å². The largest absolute Gasteiger partial charge is 0.378 e. The second-order valence-corrected chi connectivity index (χ2v) is 8.36. The van der Waals surface area contributed by atoms with Crippen LogP contribution in [0.15, 0.2) is 47.7 Å². The van der Waals surface area contributed by atoms with E-state index in [2.05, 4.69) is 47.4 Å². The van der Waals surface area contributed by atoms with E-state index in [0.29, 0.717) is 60.2 Å². The summed E-state index contributed by atoms with van der Waals surface area (Å²) >= 11 is 0. The predicted molar refractivity (Wildman–Crippen MR) is 134 cm³/mol. The number of hydrogen-bond acceptors (Lipinski definition) is 8. The highest BCUT2D eigenvalue weighted by molar-refractivity contribution is 5.96. The molecule has 178 valence electrons. The van der Waals surface area contributed by atoms with Crippen LogP contribution in [0.5, 0.6) is 0 Å². The number of benzene rings is 1. The number of pyridine rings is 1. The van der Waals surface area contributed by atoms with Crippen molar-refractivity contribution in [1.82, 2.24) is 34.7 Å². The number of aromatic amines is 2. The third-order valence-electron chi connectivity index (χ3n) is 6.17. The van der Waals surface area contributed by atoms with Crippen LogP contribution in [0.3, 0.4) is 0 Å². The highest BCUT2D eigenvalue weighted by Gasteiger charge is 2.21. The van der Waals surface area contributed by atoms with E-state index in [4.69, 9.17) is 9.72 Å². The molecular formula is C24H25N9O2. The number of H-pyrrole nitrogens is 2. The summed E-state index contributed by atoms with van der Waals surface area (Å²) in [6, 6.07) is 7.87. The van der Waals surface area contributed by atoms with Crippen molar-refractivity contribution in [3.63, 3.8) is 0 Å². The molecule has 11 heteroatoms. The smallest absolute Gasteiger partial charge is 0.261 e. The van der Waals surface area contributed by atoms with Crippen LogP contribution in [0.2, 0.25) is 0 Å². The molecule has 1 fully saturated rings. The first-order chi connectivity index (χ1) is 17.2. The molecule has 0 unspecified atom stereocenters. The summed E-state index contributed by atoms with van der Waals surface area (Å²) in [6.45, 7) is 6.14. The van der Waals surface area contributed by atoms with Gasteiger partial charge in [0.2, 0.25) is 0 Å². The van der Waals surface area contributed by atoms with Crippen molar-refractivity contribution >= 4 is 33.4 Å². The molecule has 0 amide bonds. The fraction of sp³-hybridized carbons (Fsp3) is 0.292. The number of aromatic nitrogens is 7. The first kappa shape index (κ1) is 21.3. The molecule has 0 aliphatic carbocycles. The van der Waals surface area contributed by atoms with Crippen molar-refractivity contribution in [2.45, 2.75) is 20.0 Å². The zero-order chi connectivity index (χ0) is 23.8. The molecule has 6 rings (SSSR count). The van der Waals surface area contributed by atoms with Crippen molar-refractivity contribution in [1.29, 1.82) is 0 Å². The maximum Gasteiger partial charge on any atom is 0.261 e. The number of aryl methyl sites for hydroxylation is 1. The quantitative estimate of drug-likeness (QED) is 0.345. The van der Waals surface area contributed by atoms with Gasteiger partial charge in [0.1, 0.15) is 22.7 Å². The number of rotatable bonds is 6. The van der Waals surface area contributed by atoms with Gasteiger partial charge in [0, 0.05) is 43.9 Å². The fourth-order valence-electron chi connectivity index (χ4n) is 4.40. The van der Waals surface area contributed by atoms with Gasteiger partial charge >= 0.3 is 0 Å². The van der Waals surface area contributed by atoms with E-state index >= 15 is 0 Å². The van der Waals surface area contributed by atoms with Gasteiger partial charge in [-0.2, -0.15) is 5.10 Å². The van der Waals surface area contributed by atoms with Crippen molar-refractivity contribution < 1.29 is 4.74 Å². The second-order valence-electron chi connectivity index (χ2n) is 8.36. The molecule has 0 atom stereocenters. The zero-order valence-electron chi connectivity index (χ0n) is 19.3. The maximum absolute atomic E-state index is 13.3. The first-order valence-corrected chi connectivity index (χ1v) is 11.7. The number of hydrogen-bond donors (Lipinski definition) is 3. The molecule has 35 heavy (non-hydrogen) atoms. The lowest BCUT2D eigenvalue weighted by atomic mass is 10.2. The SMILES string of the molecule is CCn1cc2[nH]c(=O)c(-c3nc4ccc(N5CCOCC5)cc4[nH]3)c(NCc3ncccn3)c2n1. The van der Waals surface area contributed by atoms with Crippen molar-refractivity contribution in [2.24, 2.45) is 0 Å². The molecule has 3 N–H and O–H groups in total. The number of nitrogens with one attached hydrogen (secondary N) is 3. The van der Waals surface area contributed by atoms with Gasteiger partial charge in [0.05, 0.1) is 42.0 Å². The Kier molecular flexibility index (Phi) is 5.38. The van der Waals surface area contributed by atoms with Crippen LogP contribution in [0, 0.1) is 0 Å². The molecule has 0 saturated carbocycles. The Balaban J connectivity index is 1.45. The summed E-state index contributed by atoms with van der Waals surface area (Å²) in [6.07, 6.45) is 5.21. The summed E-state index contributed by atoms with van der Waals surface area (Å²) in [4.78, 5) is 35.2. The standard InChI is InChI=1S/C24H25N9O2/c1-2-33-14-18-21(31-33)22(27-13-19-25-6-3-7-26-19)20(24(34)30-18)23-28-16-5-4-15(12-17(16)29-23)32-8-10-35-11-9-32/h3-7,12,14,27H,2,8-11,13H2,1H3,(H,28,29)(H,30,34). The third-order valence-corrected chi connectivity index (χ3v) is 6.17. The van der Waals surface area contributed by atoms with Crippen LogP contribution in [-0.2, 0) is 17.8 Å². The zero-order valence-corrected chi connectivity index (χ0v) is 19.3. The van der Waals surface area contributed by atoms with Gasteiger partial charge in [-0.25, -0.2) is 15.0 Å². The molecule has 0 radical (unpaired) electrons. The van der Waals surface area contributed by atoms with Gasteiger partial charge in [-0.3, -0.25) is 9.48 Å². The number of ether oxygens (including phenoxy) is 1. The molecule has 4 aromatic heterocycles. The van der Waals surface area contributed by atoms with Gasteiger partial charge in [-0.15, -0.1) is 0 Å². The Labute approximate surface area is 200 Å². The van der Waals surface area contributed by atoms with Crippen LogP contribution in [0.4, 0.5) is 11.4 Å². The van der Waals surface area contributed by atoms with Gasteiger partial charge in [0.25, 0.3) is 5.56 Å². The minimum atomic E-state index is -0.253. The van der Waals surface area contributed by atoms with Crippen LogP contribution >= 0.6 is 0 Å². The number of nitrogens with zero attached hydrogens (tertiary/aromatic N) is 6. The minimum absolute atomic E-state index is 0.253. The van der Waals surface area contributed by atoms with E-state index in [1.807, 2.05) is 19.2 Å². The molecular weight excluding hydrogens is 446 g/mol. The summed E-state index contributed by atoms with van der Waals surface area (Å²) in [5.41, 5.74) is 4.80. The Morgan fingerprint density at radius 3 is 2.74 bits per heavy atom. The van der Waals surface area contributed by atoms with Crippen molar-refractivity contribution in [3.8, 4) is 11.4 Å². The number of imidazole rings is 1. The average Bonchev–Trinajstić information content (AvgIpc) is 3.51. The molecule has 1 aromatic carbocycles. The van der Waals surface area contributed by atoms with E-state index in [-0.39, 0.29) is 5.56 Å². The van der Waals surface area contributed by atoms with E-state index in [0.717, 1.165) is 29.8 Å². The summed E-state index contributed by atoms with van der Waals surface area (Å²) in [5, 5.41) is 8.04. The Bertz CT molecular complexity index is 1550. The van der Waals surface area contributed by atoms with Gasteiger partial charge in [-0.05, 0) is 31.2 Å². The first-order valence-electron chi connectivity index (χ1n) is 11.7. The number of morpholine rings is 1. The highest BCUT2D eigenvalue weighted by Crippen LogP contribution is 2.31. The number of anilines is 2. The van der Waals surface area contributed by atoms with Crippen LogP contribution < -0.4 is 15.8 Å². The predicted octanol–water partition coefficient (Wildman–Crippen LogP) is 2.53. The van der Waals surface area contributed by atoms with E-state index in [9.17, 15) is 4.79 Å². The van der Waals surface area contributed by atoms with E-state index in [1.165, 1.54) is 0 Å². The van der Waals surface area contributed by atoms with Gasteiger partial charge < -0.3 is 24.9 Å². The Morgan fingerprint density at radius 2 is 1.94 bits per heavy atom. The lowest BCUT2D eigenvalue weighted by Gasteiger charge is -2.28. The van der Waals surface area contributed by atoms with E-state index in [1.54, 1.807) is 23.1 Å². The average molecular weight is 472 g/mol. The van der Waals surface area contributed by atoms with Crippen molar-refractivity contribution in [2.75, 3.05) is 36.5 Å². The molecule has 5 aromatic rings. The summed E-state index contributed by atoms with van der Waals surface area (Å²) < 4.78 is 7.27. The maximum atomic E-state index is 13.3. The normalized spacial score (nSPS) is 14.1. The van der Waals surface area contributed by atoms with E-state index < -0.39 is 0 Å². The fourth-order valence-corrected chi connectivity index (χ4v) is 4.40. The third kappa shape index (κ3) is 3.99. The lowest BCUT2D eigenvalue weighted by molar-refractivity contribution is 0.122. The number of fused-ring (bicyclic) bond motifs is 2. The van der Waals surface area contributed by atoms with Gasteiger partial charge in [-0.1, -0.05) is 0 Å². The lowest BCUT2D eigenvalue weighted by Crippen LogP contribution is -2.36. The second kappa shape index (κ2) is 8.84. The summed E-state index contributed by atoms with van der Waals surface area (Å²) in [5.74, 6) is 1.09. The molecule has 1 aliphatic heterocycles. The monoisotopic (exact) mass is 471 g/mol. The topological polar surface area (TPSA) is 130 Å². The molecule has 1 aliphatic rings. The molecule has 1 saturated heterocycles. The van der Waals surface area contributed by atoms with Gasteiger partial charge in [0.15, 0.2) is 0 Å². The molecule has 5 heterocycles. The Hall–Kier alpha value is -4.25. The minimum Gasteiger partial charge on any atom is -0.378 e.